The van der Waals surface area contributed by atoms with Crippen molar-refractivity contribution in [1.29, 1.82) is 0 Å². The number of benzene rings is 5. The molecule has 0 radical (unpaired) electrons. The topological polar surface area (TPSA) is 63.7 Å². The van der Waals surface area contributed by atoms with Gasteiger partial charge in [0.05, 0.1) is 0 Å². The molecule has 2 atom stereocenters. The number of carbonyl (C=O) groups excluding carboxylic acids is 1. The first-order valence-electron chi connectivity index (χ1n) is 17.0. The molecule has 5 aromatic carbocycles. The summed E-state index contributed by atoms with van der Waals surface area (Å²) in [5.41, 5.74) is 0.989. The number of carbonyl (C=O) groups is 1. The first kappa shape index (κ1) is 35.8. The van der Waals surface area contributed by atoms with Crippen LogP contribution in [0.3, 0.4) is 0 Å². The molecule has 0 amide bonds. The summed E-state index contributed by atoms with van der Waals surface area (Å²) >= 11 is -4.34. The summed E-state index contributed by atoms with van der Waals surface area (Å²) in [5.74, 6) is -0.453. The third-order valence-electron chi connectivity index (χ3n) is 9.86. The van der Waals surface area contributed by atoms with E-state index >= 15 is 4.79 Å². The second-order valence-electron chi connectivity index (χ2n) is 14.4. The van der Waals surface area contributed by atoms with Gasteiger partial charge in [-0.15, -0.1) is 0 Å². The molecule has 0 N–H and O–H groups in total. The third kappa shape index (κ3) is 6.61. The average Bonchev–Trinajstić information content (AvgIpc) is 3.41. The van der Waals surface area contributed by atoms with Gasteiger partial charge in [0.1, 0.15) is 0 Å². The second kappa shape index (κ2) is 14.0. The van der Waals surface area contributed by atoms with Crippen LogP contribution < -0.4 is 10.7 Å². The monoisotopic (exact) mass is 791 g/mol. The molecule has 1 fully saturated rings. The van der Waals surface area contributed by atoms with Gasteiger partial charge >= 0.3 is 303 Å². The molecule has 1 saturated heterocycles. The van der Waals surface area contributed by atoms with Gasteiger partial charge in [0.2, 0.25) is 0 Å². The summed E-state index contributed by atoms with van der Waals surface area (Å²) in [6.45, 7) is 14.1. The molecule has 0 aliphatic carbocycles. The molecule has 0 spiro atoms. The Labute approximate surface area is 301 Å². The summed E-state index contributed by atoms with van der Waals surface area (Å²) in [6, 6.07) is 45.3. The zero-order chi connectivity index (χ0) is 35.7. The molecule has 1 heterocycles. The Morgan fingerprint density at radius 3 is 1.58 bits per heavy atom. The Kier molecular flexibility index (Phi) is 10.0. The van der Waals surface area contributed by atoms with E-state index in [1.165, 1.54) is 15.0 Å². The van der Waals surface area contributed by atoms with Crippen LogP contribution in [0.25, 0.3) is 0 Å². The normalized spacial score (nSPS) is 18.6. The van der Waals surface area contributed by atoms with E-state index in [0.29, 0.717) is 10.0 Å². The Morgan fingerprint density at radius 2 is 1.16 bits per heavy atom. The van der Waals surface area contributed by atoms with Gasteiger partial charge < -0.3 is 0 Å². The van der Waals surface area contributed by atoms with Crippen LogP contribution in [0, 0.1) is 19.3 Å². The van der Waals surface area contributed by atoms with Crippen LogP contribution >= 0.6 is 0 Å². The Morgan fingerprint density at radius 1 is 0.740 bits per heavy atom. The second-order valence-corrected chi connectivity index (χ2v) is 27.4. The molecule has 0 unspecified atom stereocenters. The van der Waals surface area contributed by atoms with Gasteiger partial charge in [0.25, 0.3) is 0 Å². The van der Waals surface area contributed by atoms with Gasteiger partial charge in [-0.2, -0.15) is 0 Å². The number of ether oxygens (including phenoxy) is 1. The number of esters is 1. The minimum atomic E-state index is -4.34. The molecule has 0 aromatic heterocycles. The fraction of sp³-hybridized carbons (Fsp3) is 0.233. The van der Waals surface area contributed by atoms with Crippen molar-refractivity contribution in [1.82, 2.24) is 4.31 Å². The van der Waals surface area contributed by atoms with Crippen molar-refractivity contribution in [2.45, 2.75) is 55.6 Å². The number of rotatable bonds is 9. The Bertz CT molecular complexity index is 1980. The number of hydrogen-bond donors (Lipinski definition) is 0. The molecule has 256 valence electrons. The van der Waals surface area contributed by atoms with Crippen LogP contribution in [0.5, 0.6) is 0 Å². The van der Waals surface area contributed by atoms with Crippen LogP contribution in [0.1, 0.15) is 43.5 Å². The molecule has 0 saturated carbocycles. The van der Waals surface area contributed by atoms with E-state index < -0.39 is 51.4 Å². The van der Waals surface area contributed by atoms with Crippen molar-refractivity contribution in [3.63, 3.8) is 0 Å². The van der Waals surface area contributed by atoms with Crippen molar-refractivity contribution in [2.75, 3.05) is 6.54 Å². The van der Waals surface area contributed by atoms with E-state index in [-0.39, 0.29) is 11.4 Å². The van der Waals surface area contributed by atoms with E-state index in [4.69, 9.17) is 4.74 Å². The van der Waals surface area contributed by atoms with Crippen LogP contribution in [0.15, 0.2) is 157 Å². The van der Waals surface area contributed by atoms with Crippen LogP contribution in [0.2, 0.25) is 4.44 Å². The van der Waals surface area contributed by atoms with Crippen molar-refractivity contribution >= 4 is 45.1 Å². The predicted molar refractivity (Wildman–Crippen MR) is 205 cm³/mol. The van der Waals surface area contributed by atoms with Gasteiger partial charge in [-0.25, -0.2) is 0 Å². The maximum absolute atomic E-state index is 15.4. The number of hydrogen-bond acceptors (Lipinski definition) is 4. The Balaban J connectivity index is 1.71. The van der Waals surface area contributed by atoms with Crippen molar-refractivity contribution in [2.24, 2.45) is 5.41 Å². The average molecular weight is 791 g/mol. The van der Waals surface area contributed by atoms with E-state index in [2.05, 4.69) is 79.4 Å². The summed E-state index contributed by atoms with van der Waals surface area (Å²) in [6.07, 6.45) is 0. The van der Waals surface area contributed by atoms with Gasteiger partial charge in [0, 0.05) is 0 Å². The minimum absolute atomic E-state index is 0.0195. The van der Waals surface area contributed by atoms with Crippen molar-refractivity contribution < 1.29 is 17.9 Å². The quantitative estimate of drug-likeness (QED) is 0.0909. The SMILES string of the molecule is C=C1CN(S(=O)(=O)c2ccc(C)cc2)[C@@H](c2ccc(C)cc2)[C@]1([CH2][Sn]([c]1ccccc1)([c]1ccccc1)[c]1ccccc1)C(=O)OC(C)(C)C. The predicted octanol–water partition coefficient (Wildman–Crippen LogP) is 7.10. The first-order valence-corrected chi connectivity index (χ1v) is 24.8. The van der Waals surface area contributed by atoms with Gasteiger partial charge in [-0.05, 0) is 0 Å². The summed E-state index contributed by atoms with van der Waals surface area (Å²) in [4.78, 5) is 15.6. The molecule has 7 heteroatoms. The van der Waals surface area contributed by atoms with Crippen molar-refractivity contribution in [3.8, 4) is 0 Å². The standard InChI is InChI=1S/C25H30NO4S.3C6H5.Sn/c1-17-8-12-20(13-9-17)22-25(7,23(27)30-24(4,5)6)19(3)16-26(22)31(28,29)21-14-10-18(2)11-15-21;3*1-2-4-6-5-3-1;/h8-15,22H,3,7,16H2,1-2,4-6H3;3*1-5H;/t22-,25+;;;;/m0..../s1. The Hall–Kier alpha value is -3.98. The van der Waals surface area contributed by atoms with Crippen LogP contribution in [-0.2, 0) is 19.6 Å². The van der Waals surface area contributed by atoms with E-state index in [0.717, 1.165) is 16.7 Å². The van der Waals surface area contributed by atoms with Gasteiger partial charge in [-0.1, -0.05) is 0 Å². The molecule has 5 aromatic rings. The fourth-order valence-corrected chi connectivity index (χ4v) is 24.3. The molecule has 1 aliphatic heterocycles. The van der Waals surface area contributed by atoms with Crippen molar-refractivity contribution in [3.05, 3.63) is 168 Å². The molecular weight excluding hydrogens is 745 g/mol. The summed E-state index contributed by atoms with van der Waals surface area (Å²) in [5, 5.41) is 0. The number of nitrogens with zero attached hydrogens (tertiary/aromatic N) is 1. The third-order valence-corrected chi connectivity index (χ3v) is 26.1. The number of aryl methyl sites for hydroxylation is 2. The number of sulfonamides is 1. The first-order chi connectivity index (χ1) is 23.8. The molecule has 5 nitrogen and oxygen atoms in total. The zero-order valence-corrected chi connectivity index (χ0v) is 33.1. The molecule has 6 rings (SSSR count). The van der Waals surface area contributed by atoms with Gasteiger partial charge in [0.15, 0.2) is 0 Å². The molecule has 50 heavy (non-hydrogen) atoms. The fourth-order valence-electron chi connectivity index (χ4n) is 7.44. The summed E-state index contributed by atoms with van der Waals surface area (Å²) < 4.78 is 41.6. The van der Waals surface area contributed by atoms with Crippen LogP contribution in [0.4, 0.5) is 0 Å². The maximum atomic E-state index is 15.4. The zero-order valence-electron chi connectivity index (χ0n) is 29.5. The summed E-state index contributed by atoms with van der Waals surface area (Å²) in [7, 11) is -4.11. The van der Waals surface area contributed by atoms with Crippen LogP contribution in [-0.4, -0.2) is 49.2 Å². The van der Waals surface area contributed by atoms with Gasteiger partial charge in [-0.3, -0.25) is 0 Å². The molecular formula is C43H45NO4SSn. The van der Waals surface area contributed by atoms with E-state index in [9.17, 15) is 8.42 Å². The van der Waals surface area contributed by atoms with E-state index in [1.54, 1.807) is 12.1 Å². The molecule has 1 aliphatic rings. The van der Waals surface area contributed by atoms with E-state index in [1.807, 2.05) is 89.2 Å². The molecule has 0 bridgehead atoms.